The number of aromatic nitrogens is 2. The molecule has 2 heteroatoms. The summed E-state index contributed by atoms with van der Waals surface area (Å²) in [7, 11) is 0. The summed E-state index contributed by atoms with van der Waals surface area (Å²) < 4.78 is 4.98. The van der Waals surface area contributed by atoms with Gasteiger partial charge in [-0.25, -0.2) is 9.13 Å². The minimum atomic E-state index is 0.595. The monoisotopic (exact) mass is 307 g/mol. The summed E-state index contributed by atoms with van der Waals surface area (Å²) in [6.07, 6.45) is 16.9. The van der Waals surface area contributed by atoms with Crippen molar-refractivity contribution in [1.29, 1.82) is 0 Å². The second-order valence-electron chi connectivity index (χ2n) is 7.17. The van der Waals surface area contributed by atoms with Gasteiger partial charge in [-0.1, -0.05) is 66.2 Å². The van der Waals surface area contributed by atoms with Gasteiger partial charge in [0.2, 0.25) is 0 Å². The molecule has 1 unspecified atom stereocenters. The Hall–Kier alpha value is -0.790. The minimum absolute atomic E-state index is 0.595. The van der Waals surface area contributed by atoms with Crippen LogP contribution in [-0.4, -0.2) is 4.57 Å². The molecular formula is C20H39N2+. The van der Waals surface area contributed by atoms with Gasteiger partial charge in [-0.2, -0.15) is 0 Å². The molecule has 2 nitrogen and oxygen atoms in total. The number of hydrogen-bond donors (Lipinski definition) is 0. The van der Waals surface area contributed by atoms with Crippen LogP contribution in [0.3, 0.4) is 0 Å². The highest BCUT2D eigenvalue weighted by molar-refractivity contribution is 4.90. The second kappa shape index (κ2) is 10.9. The van der Waals surface area contributed by atoms with E-state index < -0.39 is 0 Å². The molecule has 0 fully saturated rings. The maximum Gasteiger partial charge on any atom is 0.259 e. The lowest BCUT2D eigenvalue weighted by Gasteiger charge is -2.13. The first-order valence-corrected chi connectivity index (χ1v) is 9.71. The maximum atomic E-state index is 2.53. The van der Waals surface area contributed by atoms with E-state index in [1.165, 1.54) is 63.6 Å². The average molecular weight is 308 g/mol. The summed E-state index contributed by atoms with van der Waals surface area (Å²) in [5.41, 5.74) is 0. The summed E-state index contributed by atoms with van der Waals surface area (Å²) in [4.78, 5) is 0. The Bertz CT molecular complexity index is 392. The molecule has 0 amide bonds. The molecule has 0 aliphatic rings. The SMILES string of the molecule is CCCCCCCCCC(C)[n+]1ccn(CCC)c1C(C)C. The number of rotatable bonds is 12. The lowest BCUT2D eigenvalue weighted by Crippen LogP contribution is -2.41. The molecule has 0 aliphatic heterocycles. The van der Waals surface area contributed by atoms with E-state index in [1.807, 2.05) is 0 Å². The summed E-state index contributed by atoms with van der Waals surface area (Å²) in [6, 6.07) is 0.631. The van der Waals surface area contributed by atoms with Crippen molar-refractivity contribution >= 4 is 0 Å². The van der Waals surface area contributed by atoms with E-state index in [-0.39, 0.29) is 0 Å². The number of aryl methyl sites for hydroxylation is 1. The third kappa shape index (κ3) is 6.14. The fourth-order valence-corrected chi connectivity index (χ4v) is 3.42. The van der Waals surface area contributed by atoms with Gasteiger partial charge in [-0.3, -0.25) is 0 Å². The summed E-state index contributed by atoms with van der Waals surface area (Å²) in [5.74, 6) is 2.09. The molecule has 0 aliphatic carbocycles. The van der Waals surface area contributed by atoms with E-state index in [4.69, 9.17) is 0 Å². The van der Waals surface area contributed by atoms with Crippen molar-refractivity contribution < 1.29 is 4.57 Å². The lowest BCUT2D eigenvalue weighted by atomic mass is 10.1. The number of hydrogen-bond acceptors (Lipinski definition) is 0. The Kier molecular flexibility index (Phi) is 9.50. The van der Waals surface area contributed by atoms with Crippen molar-refractivity contribution in [3.63, 3.8) is 0 Å². The van der Waals surface area contributed by atoms with Crippen LogP contribution >= 0.6 is 0 Å². The molecule has 22 heavy (non-hydrogen) atoms. The zero-order chi connectivity index (χ0) is 16.4. The summed E-state index contributed by atoms with van der Waals surface area (Å²) >= 11 is 0. The van der Waals surface area contributed by atoms with Crippen LogP contribution in [0.15, 0.2) is 12.4 Å². The molecule has 0 saturated heterocycles. The highest BCUT2D eigenvalue weighted by atomic mass is 15.2. The predicted octanol–water partition coefficient (Wildman–Crippen LogP) is 6.01. The fraction of sp³-hybridized carbons (Fsp3) is 0.850. The van der Waals surface area contributed by atoms with Crippen LogP contribution < -0.4 is 4.57 Å². The Labute approximate surface area is 138 Å². The van der Waals surface area contributed by atoms with Crippen LogP contribution in [0.5, 0.6) is 0 Å². The molecular weight excluding hydrogens is 268 g/mol. The molecule has 1 atom stereocenters. The molecule has 1 rings (SSSR count). The second-order valence-corrected chi connectivity index (χ2v) is 7.17. The smallest absolute Gasteiger partial charge is 0.234 e. The number of imidazole rings is 1. The first kappa shape index (κ1) is 19.3. The van der Waals surface area contributed by atoms with Gasteiger partial charge in [-0.05, 0) is 26.2 Å². The highest BCUT2D eigenvalue weighted by Gasteiger charge is 2.23. The maximum absolute atomic E-state index is 2.53. The normalized spacial score (nSPS) is 13.0. The summed E-state index contributed by atoms with van der Waals surface area (Å²) in [6.45, 7) is 12.7. The van der Waals surface area contributed by atoms with Crippen molar-refractivity contribution in [3.8, 4) is 0 Å². The fourth-order valence-electron chi connectivity index (χ4n) is 3.42. The highest BCUT2D eigenvalue weighted by Crippen LogP contribution is 2.17. The van der Waals surface area contributed by atoms with Crippen LogP contribution in [0.2, 0.25) is 0 Å². The molecule has 1 aromatic rings. The van der Waals surface area contributed by atoms with E-state index in [2.05, 4.69) is 56.1 Å². The first-order chi connectivity index (χ1) is 10.6. The van der Waals surface area contributed by atoms with E-state index in [0.717, 1.165) is 6.54 Å². The molecule has 0 spiro atoms. The van der Waals surface area contributed by atoms with Gasteiger partial charge in [0.1, 0.15) is 12.4 Å². The zero-order valence-electron chi connectivity index (χ0n) is 15.8. The Morgan fingerprint density at radius 3 is 2.14 bits per heavy atom. The lowest BCUT2D eigenvalue weighted by molar-refractivity contribution is -0.727. The quantitative estimate of drug-likeness (QED) is 0.330. The first-order valence-electron chi connectivity index (χ1n) is 9.71. The molecule has 0 N–H and O–H groups in total. The average Bonchev–Trinajstić information content (AvgIpc) is 2.90. The van der Waals surface area contributed by atoms with Crippen LogP contribution in [0.25, 0.3) is 0 Å². The van der Waals surface area contributed by atoms with Gasteiger partial charge in [-0.15, -0.1) is 0 Å². The van der Waals surface area contributed by atoms with E-state index in [1.54, 1.807) is 0 Å². The van der Waals surface area contributed by atoms with Gasteiger partial charge in [0.15, 0.2) is 0 Å². The molecule has 1 aromatic heterocycles. The molecule has 0 radical (unpaired) electrons. The van der Waals surface area contributed by atoms with Crippen LogP contribution in [0, 0.1) is 0 Å². The minimum Gasteiger partial charge on any atom is -0.234 e. The Morgan fingerprint density at radius 1 is 0.909 bits per heavy atom. The molecule has 0 bridgehead atoms. The third-order valence-corrected chi connectivity index (χ3v) is 4.65. The predicted molar refractivity (Wildman–Crippen MR) is 96.3 cm³/mol. The van der Waals surface area contributed by atoms with Gasteiger partial charge < -0.3 is 0 Å². The third-order valence-electron chi connectivity index (χ3n) is 4.65. The van der Waals surface area contributed by atoms with Crippen molar-refractivity contribution in [2.24, 2.45) is 0 Å². The van der Waals surface area contributed by atoms with Crippen LogP contribution in [0.1, 0.15) is 110 Å². The van der Waals surface area contributed by atoms with Crippen molar-refractivity contribution in [3.05, 3.63) is 18.2 Å². The van der Waals surface area contributed by atoms with Gasteiger partial charge >= 0.3 is 0 Å². The van der Waals surface area contributed by atoms with Gasteiger partial charge in [0, 0.05) is 0 Å². The summed E-state index contributed by atoms with van der Waals surface area (Å²) in [5, 5.41) is 0. The van der Waals surface area contributed by atoms with Gasteiger partial charge in [0.25, 0.3) is 5.82 Å². The largest absolute Gasteiger partial charge is 0.259 e. The van der Waals surface area contributed by atoms with Gasteiger partial charge in [0.05, 0.1) is 18.5 Å². The molecule has 128 valence electrons. The van der Waals surface area contributed by atoms with E-state index in [9.17, 15) is 0 Å². The molecule has 0 aromatic carbocycles. The standard InChI is InChI=1S/C20H39N2/c1-6-8-9-10-11-12-13-14-19(5)22-17-16-21(15-7-2)20(22)18(3)4/h16-19H,6-15H2,1-5H3/q+1. The van der Waals surface area contributed by atoms with Crippen LogP contribution in [0.4, 0.5) is 0 Å². The number of unbranched alkanes of at least 4 members (excludes halogenated alkanes) is 6. The van der Waals surface area contributed by atoms with Crippen LogP contribution in [-0.2, 0) is 6.54 Å². The number of nitrogens with zero attached hydrogens (tertiary/aromatic N) is 2. The van der Waals surface area contributed by atoms with Crippen molar-refractivity contribution in [2.75, 3.05) is 0 Å². The zero-order valence-corrected chi connectivity index (χ0v) is 15.8. The molecule has 1 heterocycles. The van der Waals surface area contributed by atoms with Crippen molar-refractivity contribution in [1.82, 2.24) is 4.57 Å². The molecule has 0 saturated carbocycles. The topological polar surface area (TPSA) is 8.81 Å². The van der Waals surface area contributed by atoms with E-state index in [0.29, 0.717) is 12.0 Å². The van der Waals surface area contributed by atoms with E-state index >= 15 is 0 Å². The van der Waals surface area contributed by atoms with Crippen molar-refractivity contribution in [2.45, 2.75) is 111 Å². The Morgan fingerprint density at radius 2 is 1.55 bits per heavy atom. The Balaban J connectivity index is 2.43.